The molecule has 0 heterocycles. The van der Waals surface area contributed by atoms with Crippen LogP contribution in [0.25, 0.3) is 0 Å². The fraction of sp³-hybridized carbons (Fsp3) is 0.176. The highest BCUT2D eigenvalue weighted by molar-refractivity contribution is 8.00. The first-order chi connectivity index (χ1) is 11.1. The van der Waals surface area contributed by atoms with Crippen molar-refractivity contribution in [2.45, 2.75) is 11.8 Å². The number of hydrogen-bond donors (Lipinski definition) is 1. The van der Waals surface area contributed by atoms with Gasteiger partial charge in [0.25, 0.3) is 0 Å². The molecule has 23 heavy (non-hydrogen) atoms. The molecule has 2 rings (SSSR count). The fourth-order valence-corrected chi connectivity index (χ4v) is 2.81. The Morgan fingerprint density at radius 1 is 1.17 bits per heavy atom. The van der Waals surface area contributed by atoms with Gasteiger partial charge in [0.15, 0.2) is 0 Å². The van der Waals surface area contributed by atoms with Crippen molar-refractivity contribution in [3.05, 3.63) is 59.1 Å². The Morgan fingerprint density at radius 3 is 2.57 bits per heavy atom. The standard InChI is InChI=1S/C17H16ClNO3S/c1-2-22-17(21)14-9-8-12(10-15(14)18)19-16(20)11-23-13-6-4-3-5-7-13/h3-10H,2,11H2,1H3,(H,19,20). The van der Waals surface area contributed by atoms with Crippen molar-refractivity contribution < 1.29 is 14.3 Å². The zero-order valence-corrected chi connectivity index (χ0v) is 14.1. The van der Waals surface area contributed by atoms with Crippen LogP contribution in [-0.2, 0) is 9.53 Å². The van der Waals surface area contributed by atoms with Crippen molar-refractivity contribution in [2.24, 2.45) is 0 Å². The van der Waals surface area contributed by atoms with E-state index in [-0.39, 0.29) is 23.1 Å². The number of nitrogens with one attached hydrogen (secondary N) is 1. The number of ether oxygens (including phenoxy) is 1. The van der Waals surface area contributed by atoms with E-state index in [1.54, 1.807) is 25.1 Å². The third-order valence-corrected chi connectivity index (χ3v) is 4.19. The van der Waals surface area contributed by atoms with Gasteiger partial charge in [-0.15, -0.1) is 11.8 Å². The summed E-state index contributed by atoms with van der Waals surface area (Å²) in [7, 11) is 0. The molecule has 1 N–H and O–H groups in total. The van der Waals surface area contributed by atoms with Gasteiger partial charge in [0.1, 0.15) is 0 Å². The lowest BCUT2D eigenvalue weighted by atomic mass is 10.2. The van der Waals surface area contributed by atoms with Crippen molar-refractivity contribution in [3.8, 4) is 0 Å². The molecule has 2 aromatic carbocycles. The number of esters is 1. The second-order valence-corrected chi connectivity index (χ2v) is 6.02. The van der Waals surface area contributed by atoms with Gasteiger partial charge < -0.3 is 10.1 Å². The minimum absolute atomic E-state index is 0.140. The Hall–Kier alpha value is -1.98. The molecule has 4 nitrogen and oxygen atoms in total. The summed E-state index contributed by atoms with van der Waals surface area (Å²) in [6, 6.07) is 14.4. The number of halogens is 1. The minimum atomic E-state index is -0.477. The zero-order valence-electron chi connectivity index (χ0n) is 12.5. The van der Waals surface area contributed by atoms with Crippen molar-refractivity contribution in [1.29, 1.82) is 0 Å². The molecule has 0 aliphatic heterocycles. The van der Waals surface area contributed by atoms with Gasteiger partial charge >= 0.3 is 5.97 Å². The molecule has 0 spiro atoms. The number of hydrogen-bond acceptors (Lipinski definition) is 4. The quantitative estimate of drug-likeness (QED) is 0.625. The van der Waals surface area contributed by atoms with Gasteiger partial charge in [-0.25, -0.2) is 4.79 Å². The topological polar surface area (TPSA) is 55.4 Å². The Bertz CT molecular complexity index is 691. The summed E-state index contributed by atoms with van der Waals surface area (Å²) in [5.41, 5.74) is 0.826. The SMILES string of the molecule is CCOC(=O)c1ccc(NC(=O)CSc2ccccc2)cc1Cl. The van der Waals surface area contributed by atoms with Crippen molar-refractivity contribution in [2.75, 3.05) is 17.7 Å². The molecule has 0 bridgehead atoms. The number of thioether (sulfide) groups is 1. The van der Waals surface area contributed by atoms with Crippen LogP contribution in [0.15, 0.2) is 53.4 Å². The number of anilines is 1. The van der Waals surface area contributed by atoms with E-state index in [4.69, 9.17) is 16.3 Å². The Kier molecular flexibility index (Phi) is 6.50. The van der Waals surface area contributed by atoms with Crippen LogP contribution in [0.4, 0.5) is 5.69 Å². The third kappa shape index (κ3) is 5.30. The maximum Gasteiger partial charge on any atom is 0.339 e. The van der Waals surface area contributed by atoms with Crippen molar-refractivity contribution >= 4 is 40.9 Å². The number of carbonyl (C=O) groups excluding carboxylic acids is 2. The molecule has 0 radical (unpaired) electrons. The van der Waals surface area contributed by atoms with Crippen LogP contribution in [0.3, 0.4) is 0 Å². The van der Waals surface area contributed by atoms with Crippen molar-refractivity contribution in [1.82, 2.24) is 0 Å². The molecular formula is C17H16ClNO3S. The Morgan fingerprint density at radius 2 is 1.91 bits per heavy atom. The number of carbonyl (C=O) groups is 2. The number of amides is 1. The molecule has 1 amide bonds. The van der Waals surface area contributed by atoms with Crippen LogP contribution in [0.5, 0.6) is 0 Å². The highest BCUT2D eigenvalue weighted by atomic mass is 35.5. The van der Waals surface area contributed by atoms with Gasteiger partial charge in [-0.2, -0.15) is 0 Å². The second kappa shape index (κ2) is 8.60. The number of rotatable bonds is 6. The van der Waals surface area contributed by atoms with Gasteiger partial charge in [0.05, 0.1) is 22.9 Å². The van der Waals surface area contributed by atoms with Crippen LogP contribution >= 0.6 is 23.4 Å². The monoisotopic (exact) mass is 349 g/mol. The van der Waals surface area contributed by atoms with E-state index in [0.29, 0.717) is 11.4 Å². The maximum absolute atomic E-state index is 12.0. The normalized spacial score (nSPS) is 10.2. The lowest BCUT2D eigenvalue weighted by Crippen LogP contribution is -2.14. The smallest absolute Gasteiger partial charge is 0.339 e. The Labute approximate surface area is 144 Å². The molecule has 120 valence electrons. The van der Waals surface area contributed by atoms with Crippen molar-refractivity contribution in [3.63, 3.8) is 0 Å². The Balaban J connectivity index is 1.93. The van der Waals surface area contributed by atoms with Gasteiger partial charge in [-0.3, -0.25) is 4.79 Å². The van der Waals surface area contributed by atoms with E-state index in [9.17, 15) is 9.59 Å². The highest BCUT2D eigenvalue weighted by Crippen LogP contribution is 2.23. The maximum atomic E-state index is 12.0. The molecule has 2 aromatic rings. The van der Waals surface area contributed by atoms with Gasteiger partial charge in [-0.1, -0.05) is 29.8 Å². The van der Waals surface area contributed by atoms with Crippen LogP contribution in [-0.4, -0.2) is 24.2 Å². The first-order valence-electron chi connectivity index (χ1n) is 7.04. The first kappa shape index (κ1) is 17.4. The second-order valence-electron chi connectivity index (χ2n) is 4.56. The van der Waals surface area contributed by atoms with E-state index in [1.807, 2.05) is 30.3 Å². The summed E-state index contributed by atoms with van der Waals surface area (Å²) in [5, 5.41) is 3.00. The summed E-state index contributed by atoms with van der Waals surface area (Å²) in [6.45, 7) is 2.01. The lowest BCUT2D eigenvalue weighted by molar-refractivity contribution is -0.113. The van der Waals surface area contributed by atoms with Crippen LogP contribution in [0, 0.1) is 0 Å². The third-order valence-electron chi connectivity index (χ3n) is 2.86. The molecule has 6 heteroatoms. The predicted molar refractivity (Wildman–Crippen MR) is 93.2 cm³/mol. The average Bonchev–Trinajstić information content (AvgIpc) is 2.54. The van der Waals surface area contributed by atoms with Gasteiger partial charge in [0.2, 0.25) is 5.91 Å². The van der Waals surface area contributed by atoms with E-state index in [1.165, 1.54) is 11.8 Å². The van der Waals surface area contributed by atoms with E-state index in [2.05, 4.69) is 5.32 Å². The fourth-order valence-electron chi connectivity index (χ4n) is 1.83. The zero-order chi connectivity index (χ0) is 16.7. The molecule has 0 aromatic heterocycles. The van der Waals surface area contributed by atoms with E-state index >= 15 is 0 Å². The first-order valence-corrected chi connectivity index (χ1v) is 8.41. The largest absolute Gasteiger partial charge is 0.462 e. The average molecular weight is 350 g/mol. The van der Waals surface area contributed by atoms with E-state index < -0.39 is 5.97 Å². The van der Waals surface area contributed by atoms with E-state index in [0.717, 1.165) is 4.90 Å². The molecular weight excluding hydrogens is 334 g/mol. The summed E-state index contributed by atoms with van der Waals surface area (Å²) in [4.78, 5) is 24.6. The molecule has 0 aliphatic rings. The molecule has 0 atom stereocenters. The molecule has 0 fully saturated rings. The minimum Gasteiger partial charge on any atom is -0.462 e. The molecule has 0 saturated heterocycles. The summed E-state index contributed by atoms with van der Waals surface area (Å²) in [5.74, 6) is -0.324. The van der Waals surface area contributed by atoms with Crippen LogP contribution in [0.1, 0.15) is 17.3 Å². The van der Waals surface area contributed by atoms with Gasteiger partial charge in [-0.05, 0) is 37.3 Å². The lowest BCUT2D eigenvalue weighted by Gasteiger charge is -2.08. The predicted octanol–water partition coefficient (Wildman–Crippen LogP) is 4.25. The number of benzene rings is 2. The summed E-state index contributed by atoms with van der Waals surface area (Å²) in [6.07, 6.45) is 0. The van der Waals surface area contributed by atoms with Crippen LogP contribution < -0.4 is 5.32 Å². The van der Waals surface area contributed by atoms with Gasteiger partial charge in [0, 0.05) is 10.6 Å². The molecule has 0 unspecified atom stereocenters. The molecule has 0 aliphatic carbocycles. The van der Waals surface area contributed by atoms with Crippen LogP contribution in [0.2, 0.25) is 5.02 Å². The summed E-state index contributed by atoms with van der Waals surface area (Å²) < 4.78 is 4.90. The summed E-state index contributed by atoms with van der Waals surface area (Å²) >= 11 is 7.51. The molecule has 0 saturated carbocycles. The highest BCUT2D eigenvalue weighted by Gasteiger charge is 2.12.